The van der Waals surface area contributed by atoms with Crippen molar-refractivity contribution in [3.8, 4) is 5.75 Å². The molecule has 0 bridgehead atoms. The monoisotopic (exact) mass is 288 g/mol. The predicted octanol–water partition coefficient (Wildman–Crippen LogP) is 3.36. The van der Waals surface area contributed by atoms with Crippen molar-refractivity contribution in [3.63, 3.8) is 0 Å². The van der Waals surface area contributed by atoms with E-state index in [9.17, 15) is 0 Å². The molecule has 2 unspecified atom stereocenters. The van der Waals surface area contributed by atoms with Crippen LogP contribution in [0.15, 0.2) is 24.3 Å². The summed E-state index contributed by atoms with van der Waals surface area (Å²) in [6.45, 7) is 0.787. The summed E-state index contributed by atoms with van der Waals surface area (Å²) in [4.78, 5) is 2.59. The number of fused-ring (bicyclic) bond motifs is 1. The molecule has 1 aliphatic heterocycles. The molecule has 1 aliphatic carbocycles. The van der Waals surface area contributed by atoms with Crippen molar-refractivity contribution in [1.29, 1.82) is 0 Å². The molecule has 0 radical (unpaired) electrons. The van der Waals surface area contributed by atoms with E-state index in [1.165, 1.54) is 44.1 Å². The zero-order chi connectivity index (χ0) is 14.7. The highest BCUT2D eigenvalue weighted by Crippen LogP contribution is 2.35. The molecule has 116 valence electrons. The van der Waals surface area contributed by atoms with E-state index in [2.05, 4.69) is 48.6 Å². The van der Waals surface area contributed by atoms with Gasteiger partial charge in [-0.3, -0.25) is 4.90 Å². The molecule has 1 saturated carbocycles. The van der Waals surface area contributed by atoms with Gasteiger partial charge in [0.05, 0.1) is 12.1 Å². The van der Waals surface area contributed by atoms with Gasteiger partial charge in [0.2, 0.25) is 0 Å². The largest absolute Gasteiger partial charge is 0.492 e. The quantitative estimate of drug-likeness (QED) is 0.863. The van der Waals surface area contributed by atoms with Crippen LogP contribution in [0.3, 0.4) is 0 Å². The maximum Gasteiger partial charge on any atom is 0.124 e. The molecule has 1 fully saturated rings. The number of hydrogen-bond acceptors (Lipinski definition) is 3. The van der Waals surface area contributed by atoms with Crippen LogP contribution in [0.2, 0.25) is 0 Å². The fourth-order valence-corrected chi connectivity index (χ4v) is 3.98. The van der Waals surface area contributed by atoms with E-state index in [1.54, 1.807) is 0 Å². The van der Waals surface area contributed by atoms with Gasteiger partial charge in [0.1, 0.15) is 12.4 Å². The van der Waals surface area contributed by atoms with Crippen molar-refractivity contribution in [3.05, 3.63) is 29.8 Å². The SMILES string of the molecule is CNC1c2ccccc2OCC1N(C)C1CCCCCC1. The van der Waals surface area contributed by atoms with E-state index in [1.807, 2.05) is 0 Å². The summed E-state index contributed by atoms with van der Waals surface area (Å²) >= 11 is 0. The van der Waals surface area contributed by atoms with E-state index in [4.69, 9.17) is 4.74 Å². The first-order valence-corrected chi connectivity index (χ1v) is 8.42. The number of benzene rings is 1. The van der Waals surface area contributed by atoms with Crippen molar-refractivity contribution < 1.29 is 4.74 Å². The number of rotatable bonds is 3. The van der Waals surface area contributed by atoms with Gasteiger partial charge in [-0.2, -0.15) is 0 Å². The number of nitrogens with zero attached hydrogens (tertiary/aromatic N) is 1. The molecule has 1 heterocycles. The lowest BCUT2D eigenvalue weighted by Crippen LogP contribution is -2.51. The number of ether oxygens (including phenoxy) is 1. The smallest absolute Gasteiger partial charge is 0.124 e. The summed E-state index contributed by atoms with van der Waals surface area (Å²) in [5.74, 6) is 1.04. The Hall–Kier alpha value is -1.06. The third-order valence-corrected chi connectivity index (χ3v) is 5.28. The fraction of sp³-hybridized carbons (Fsp3) is 0.667. The lowest BCUT2D eigenvalue weighted by atomic mass is 9.93. The van der Waals surface area contributed by atoms with E-state index < -0.39 is 0 Å². The molecule has 3 rings (SSSR count). The second kappa shape index (κ2) is 6.80. The van der Waals surface area contributed by atoms with E-state index in [0.717, 1.165) is 12.4 Å². The summed E-state index contributed by atoms with van der Waals surface area (Å²) in [6, 6.07) is 9.95. The average Bonchev–Trinajstić information content (AvgIpc) is 2.82. The highest BCUT2D eigenvalue weighted by molar-refractivity contribution is 5.38. The van der Waals surface area contributed by atoms with Crippen LogP contribution in [0.25, 0.3) is 0 Å². The Morgan fingerprint density at radius 2 is 1.81 bits per heavy atom. The second-order valence-electron chi connectivity index (χ2n) is 6.49. The van der Waals surface area contributed by atoms with Gasteiger partial charge in [-0.25, -0.2) is 0 Å². The van der Waals surface area contributed by atoms with Gasteiger partial charge in [-0.15, -0.1) is 0 Å². The normalized spacial score (nSPS) is 27.0. The molecule has 1 aromatic rings. The van der Waals surface area contributed by atoms with Gasteiger partial charge in [-0.05, 0) is 33.0 Å². The maximum atomic E-state index is 6.03. The lowest BCUT2D eigenvalue weighted by Gasteiger charge is -2.42. The Bertz CT molecular complexity index is 454. The summed E-state index contributed by atoms with van der Waals surface area (Å²) in [7, 11) is 4.36. The number of likely N-dealkylation sites (N-methyl/N-ethyl adjacent to an activating group) is 2. The van der Waals surface area contributed by atoms with Crippen LogP contribution in [0, 0.1) is 0 Å². The zero-order valence-electron chi connectivity index (χ0n) is 13.3. The number of nitrogens with one attached hydrogen (secondary N) is 1. The van der Waals surface area contributed by atoms with Gasteiger partial charge >= 0.3 is 0 Å². The molecular weight excluding hydrogens is 260 g/mol. The molecule has 2 aliphatic rings. The molecule has 0 aromatic heterocycles. The first-order valence-electron chi connectivity index (χ1n) is 8.42. The van der Waals surface area contributed by atoms with Crippen LogP contribution < -0.4 is 10.1 Å². The van der Waals surface area contributed by atoms with Crippen molar-refractivity contribution in [2.45, 2.75) is 56.7 Å². The van der Waals surface area contributed by atoms with Crippen LogP contribution >= 0.6 is 0 Å². The maximum absolute atomic E-state index is 6.03. The van der Waals surface area contributed by atoms with Gasteiger partial charge in [-0.1, -0.05) is 43.9 Å². The third kappa shape index (κ3) is 3.09. The van der Waals surface area contributed by atoms with Crippen LogP contribution in [-0.4, -0.2) is 37.7 Å². The minimum atomic E-state index is 0.364. The fourth-order valence-electron chi connectivity index (χ4n) is 3.98. The second-order valence-corrected chi connectivity index (χ2v) is 6.49. The Morgan fingerprint density at radius 3 is 2.52 bits per heavy atom. The van der Waals surface area contributed by atoms with Gasteiger partial charge in [0.25, 0.3) is 0 Å². The van der Waals surface area contributed by atoms with E-state index in [-0.39, 0.29) is 0 Å². The molecule has 1 aromatic carbocycles. The Balaban J connectivity index is 1.78. The van der Waals surface area contributed by atoms with Crippen LogP contribution in [0.1, 0.15) is 50.1 Å². The number of para-hydroxylation sites is 1. The standard InChI is InChI=1S/C18H28N2O/c1-19-18-15-11-7-8-12-17(15)21-13-16(18)20(2)14-9-5-3-4-6-10-14/h7-8,11-12,14,16,18-19H,3-6,9-10,13H2,1-2H3. The van der Waals surface area contributed by atoms with Crippen molar-refractivity contribution >= 4 is 0 Å². The molecule has 3 nitrogen and oxygen atoms in total. The Labute approximate surface area is 128 Å². The van der Waals surface area contributed by atoms with Crippen LogP contribution in [-0.2, 0) is 0 Å². The van der Waals surface area contributed by atoms with Crippen molar-refractivity contribution in [2.24, 2.45) is 0 Å². The highest BCUT2D eigenvalue weighted by Gasteiger charge is 2.35. The van der Waals surface area contributed by atoms with Crippen LogP contribution in [0.5, 0.6) is 5.75 Å². The Morgan fingerprint density at radius 1 is 1.10 bits per heavy atom. The first-order chi connectivity index (χ1) is 10.3. The number of hydrogen-bond donors (Lipinski definition) is 1. The van der Waals surface area contributed by atoms with Crippen molar-refractivity contribution in [2.75, 3.05) is 20.7 Å². The summed E-state index contributed by atoms with van der Waals surface area (Å²) in [5, 5.41) is 3.52. The predicted molar refractivity (Wildman–Crippen MR) is 86.8 cm³/mol. The third-order valence-electron chi connectivity index (χ3n) is 5.28. The minimum absolute atomic E-state index is 0.364. The van der Waals surface area contributed by atoms with Gasteiger partial charge < -0.3 is 10.1 Å². The topological polar surface area (TPSA) is 24.5 Å². The molecule has 2 atom stereocenters. The summed E-state index contributed by atoms with van der Waals surface area (Å²) in [5.41, 5.74) is 1.30. The Kier molecular flexibility index (Phi) is 4.81. The first kappa shape index (κ1) is 14.9. The minimum Gasteiger partial charge on any atom is -0.492 e. The highest BCUT2D eigenvalue weighted by atomic mass is 16.5. The molecule has 0 amide bonds. The lowest BCUT2D eigenvalue weighted by molar-refractivity contribution is 0.0700. The van der Waals surface area contributed by atoms with E-state index >= 15 is 0 Å². The molecule has 21 heavy (non-hydrogen) atoms. The van der Waals surface area contributed by atoms with Crippen molar-refractivity contribution in [1.82, 2.24) is 10.2 Å². The van der Waals surface area contributed by atoms with Crippen LogP contribution in [0.4, 0.5) is 0 Å². The molecule has 3 heteroatoms. The molecular formula is C18H28N2O. The summed E-state index contributed by atoms with van der Waals surface area (Å²) < 4.78 is 6.03. The average molecular weight is 288 g/mol. The zero-order valence-corrected chi connectivity index (χ0v) is 13.3. The van der Waals surface area contributed by atoms with Gasteiger partial charge in [0, 0.05) is 11.6 Å². The molecule has 0 saturated heterocycles. The molecule has 0 spiro atoms. The summed E-state index contributed by atoms with van der Waals surface area (Å²) in [6.07, 6.45) is 8.25. The van der Waals surface area contributed by atoms with Gasteiger partial charge in [0.15, 0.2) is 0 Å². The molecule has 1 N–H and O–H groups in total. The van der Waals surface area contributed by atoms with E-state index in [0.29, 0.717) is 18.1 Å².